The molecule has 1 saturated carbocycles. The van der Waals surface area contributed by atoms with Gasteiger partial charge in [0.05, 0.1) is 11.5 Å². The van der Waals surface area contributed by atoms with Crippen molar-refractivity contribution < 1.29 is 22.7 Å². The Morgan fingerprint density at radius 3 is 2.21 bits per heavy atom. The van der Waals surface area contributed by atoms with E-state index in [-0.39, 0.29) is 16.7 Å². The molecule has 0 heterocycles. The molecular weight excluding hydrogens is 394 g/mol. The first-order valence-corrected chi connectivity index (χ1v) is 10.8. The molecular formula is C20H23N3O5S. The molecule has 3 rings (SSSR count). The summed E-state index contributed by atoms with van der Waals surface area (Å²) in [5.41, 5.74) is 5.39. The minimum absolute atomic E-state index is 0.0327. The van der Waals surface area contributed by atoms with E-state index in [9.17, 15) is 18.0 Å². The first-order chi connectivity index (χ1) is 13.9. The van der Waals surface area contributed by atoms with E-state index in [4.69, 9.17) is 4.74 Å². The average Bonchev–Trinajstić information content (AvgIpc) is 2.66. The molecule has 0 spiro atoms. The summed E-state index contributed by atoms with van der Waals surface area (Å²) >= 11 is 0. The van der Waals surface area contributed by atoms with Crippen LogP contribution >= 0.6 is 0 Å². The first-order valence-electron chi connectivity index (χ1n) is 9.35. The largest absolute Gasteiger partial charge is 0.494 e. The number of carbonyl (C=O) groups is 2. The maximum Gasteiger partial charge on any atom is 0.269 e. The van der Waals surface area contributed by atoms with Gasteiger partial charge in [0, 0.05) is 17.2 Å². The molecule has 0 aliphatic heterocycles. The van der Waals surface area contributed by atoms with E-state index >= 15 is 0 Å². The topological polar surface area (TPSA) is 114 Å². The Morgan fingerprint density at radius 2 is 1.66 bits per heavy atom. The van der Waals surface area contributed by atoms with Gasteiger partial charge in [0.25, 0.3) is 15.9 Å². The number of hydrazine groups is 1. The number of benzene rings is 2. The summed E-state index contributed by atoms with van der Waals surface area (Å²) in [5, 5.41) is 0. The Morgan fingerprint density at radius 1 is 1.00 bits per heavy atom. The lowest BCUT2D eigenvalue weighted by Crippen LogP contribution is -2.46. The second-order valence-corrected chi connectivity index (χ2v) is 8.34. The van der Waals surface area contributed by atoms with Crippen LogP contribution in [0.4, 0.5) is 5.69 Å². The van der Waals surface area contributed by atoms with Crippen LogP contribution < -0.4 is 20.3 Å². The molecule has 8 nitrogen and oxygen atoms in total. The van der Waals surface area contributed by atoms with E-state index < -0.39 is 15.9 Å². The Hall–Kier alpha value is -3.07. The van der Waals surface area contributed by atoms with Gasteiger partial charge in [0.15, 0.2) is 0 Å². The highest BCUT2D eigenvalue weighted by Gasteiger charge is 2.25. The van der Waals surface area contributed by atoms with Gasteiger partial charge in [-0.2, -0.15) is 0 Å². The fourth-order valence-electron chi connectivity index (χ4n) is 2.75. The number of amides is 2. The summed E-state index contributed by atoms with van der Waals surface area (Å²) in [6, 6.07) is 12.0. The number of ether oxygens (including phenoxy) is 1. The number of hydrogen-bond acceptors (Lipinski definition) is 5. The smallest absolute Gasteiger partial charge is 0.269 e. The van der Waals surface area contributed by atoms with Crippen LogP contribution in [0.5, 0.6) is 5.75 Å². The van der Waals surface area contributed by atoms with Crippen molar-refractivity contribution in [2.75, 3.05) is 11.3 Å². The van der Waals surface area contributed by atoms with Gasteiger partial charge in [0.2, 0.25) is 5.91 Å². The maximum absolute atomic E-state index is 12.5. The number of anilines is 1. The van der Waals surface area contributed by atoms with Crippen molar-refractivity contribution in [1.82, 2.24) is 10.9 Å². The summed E-state index contributed by atoms with van der Waals surface area (Å²) in [4.78, 5) is 24.0. The highest BCUT2D eigenvalue weighted by Crippen LogP contribution is 2.26. The number of rotatable bonds is 7. The summed E-state index contributed by atoms with van der Waals surface area (Å²) in [5.74, 6) is -0.108. The quantitative estimate of drug-likeness (QED) is 0.599. The second-order valence-electron chi connectivity index (χ2n) is 6.66. The lowest BCUT2D eigenvalue weighted by Gasteiger charge is -2.23. The SMILES string of the molecule is CCOc1ccc(S(=O)(=O)Nc2ccc(C(=O)NNC(=O)C3CCC3)cc2)cc1. The predicted octanol–water partition coefficient (Wildman–Crippen LogP) is 2.45. The zero-order valence-corrected chi connectivity index (χ0v) is 16.8. The molecule has 154 valence electrons. The number of hydrogen-bond donors (Lipinski definition) is 3. The molecule has 29 heavy (non-hydrogen) atoms. The summed E-state index contributed by atoms with van der Waals surface area (Å²) in [6.07, 6.45) is 2.70. The molecule has 0 atom stereocenters. The molecule has 1 aliphatic carbocycles. The summed E-state index contributed by atoms with van der Waals surface area (Å²) in [7, 11) is -3.77. The van der Waals surface area contributed by atoms with Gasteiger partial charge in [-0.15, -0.1) is 0 Å². The van der Waals surface area contributed by atoms with Crippen molar-refractivity contribution in [3.05, 3.63) is 54.1 Å². The molecule has 2 aromatic rings. The molecule has 3 N–H and O–H groups in total. The van der Waals surface area contributed by atoms with Crippen molar-refractivity contribution in [3.63, 3.8) is 0 Å². The van der Waals surface area contributed by atoms with Crippen molar-refractivity contribution in [2.24, 2.45) is 5.92 Å². The molecule has 0 unspecified atom stereocenters. The minimum atomic E-state index is -3.77. The first kappa shape index (κ1) is 20.7. The normalized spacial score (nSPS) is 13.8. The highest BCUT2D eigenvalue weighted by molar-refractivity contribution is 7.92. The van der Waals surface area contributed by atoms with Crippen LogP contribution in [-0.2, 0) is 14.8 Å². The van der Waals surface area contributed by atoms with Crippen LogP contribution in [-0.4, -0.2) is 26.8 Å². The minimum Gasteiger partial charge on any atom is -0.494 e. The van der Waals surface area contributed by atoms with E-state index in [2.05, 4.69) is 15.6 Å². The van der Waals surface area contributed by atoms with Crippen LogP contribution in [0.25, 0.3) is 0 Å². The molecule has 1 fully saturated rings. The summed E-state index contributed by atoms with van der Waals surface area (Å²) < 4.78 is 32.7. The fourth-order valence-corrected chi connectivity index (χ4v) is 3.81. The van der Waals surface area contributed by atoms with Crippen LogP contribution in [0.15, 0.2) is 53.4 Å². The van der Waals surface area contributed by atoms with Crippen molar-refractivity contribution in [1.29, 1.82) is 0 Å². The van der Waals surface area contributed by atoms with Gasteiger partial charge >= 0.3 is 0 Å². The van der Waals surface area contributed by atoms with Gasteiger partial charge in [-0.1, -0.05) is 6.42 Å². The maximum atomic E-state index is 12.5. The zero-order valence-electron chi connectivity index (χ0n) is 16.0. The van der Waals surface area contributed by atoms with E-state index in [1.807, 2.05) is 6.92 Å². The van der Waals surface area contributed by atoms with Crippen molar-refractivity contribution >= 4 is 27.5 Å². The monoisotopic (exact) mass is 417 g/mol. The highest BCUT2D eigenvalue weighted by atomic mass is 32.2. The Labute approximate surface area is 169 Å². The Kier molecular flexibility index (Phi) is 6.38. The van der Waals surface area contributed by atoms with Crippen molar-refractivity contribution in [3.8, 4) is 5.75 Å². The van der Waals surface area contributed by atoms with Crippen LogP contribution in [0.3, 0.4) is 0 Å². The molecule has 9 heteroatoms. The zero-order chi connectivity index (χ0) is 20.9. The van der Waals surface area contributed by atoms with E-state index in [0.717, 1.165) is 19.3 Å². The number of carbonyl (C=O) groups excluding carboxylic acids is 2. The third-order valence-corrected chi connectivity index (χ3v) is 6.02. The van der Waals surface area contributed by atoms with Crippen molar-refractivity contribution in [2.45, 2.75) is 31.1 Å². The van der Waals surface area contributed by atoms with E-state index in [1.165, 1.54) is 36.4 Å². The predicted molar refractivity (Wildman–Crippen MR) is 108 cm³/mol. The molecule has 1 aliphatic rings. The van der Waals surface area contributed by atoms with Crippen LogP contribution in [0.2, 0.25) is 0 Å². The Bertz CT molecular complexity index is 968. The lowest BCUT2D eigenvalue weighted by atomic mass is 9.85. The molecule has 0 radical (unpaired) electrons. The van der Waals surface area contributed by atoms with Gasteiger partial charge < -0.3 is 4.74 Å². The lowest BCUT2D eigenvalue weighted by molar-refractivity contribution is -0.128. The molecule has 0 aromatic heterocycles. The summed E-state index contributed by atoms with van der Waals surface area (Å²) in [6.45, 7) is 2.34. The third-order valence-electron chi connectivity index (χ3n) is 4.62. The number of sulfonamides is 1. The average molecular weight is 417 g/mol. The van der Waals surface area contributed by atoms with E-state index in [1.54, 1.807) is 12.1 Å². The van der Waals surface area contributed by atoms with Crippen LogP contribution in [0.1, 0.15) is 36.5 Å². The second kappa shape index (κ2) is 8.95. The fraction of sp³-hybridized carbons (Fsp3) is 0.300. The Balaban J connectivity index is 1.58. The standard InChI is InChI=1S/C20H23N3O5S/c1-2-28-17-10-12-18(13-11-17)29(26,27)23-16-8-6-15(7-9-16)20(25)22-21-19(24)14-4-3-5-14/h6-14,23H,2-5H2,1H3,(H,21,24)(H,22,25). The molecule has 2 aromatic carbocycles. The van der Waals surface area contributed by atoms with Gasteiger partial charge in [-0.25, -0.2) is 8.42 Å². The van der Waals surface area contributed by atoms with Crippen LogP contribution in [0, 0.1) is 5.92 Å². The van der Waals surface area contributed by atoms with Gasteiger partial charge in [-0.3, -0.25) is 25.2 Å². The third kappa shape index (κ3) is 5.26. The number of nitrogens with one attached hydrogen (secondary N) is 3. The van der Waals surface area contributed by atoms with Gasteiger partial charge in [-0.05, 0) is 68.3 Å². The molecule has 2 amide bonds. The van der Waals surface area contributed by atoms with E-state index in [0.29, 0.717) is 23.6 Å². The molecule has 0 saturated heterocycles. The van der Waals surface area contributed by atoms with Gasteiger partial charge in [0.1, 0.15) is 5.75 Å². The molecule has 0 bridgehead atoms.